The minimum absolute atomic E-state index is 0.131. The van der Waals surface area contributed by atoms with Crippen LogP contribution in [0.25, 0.3) is 0 Å². The Morgan fingerprint density at radius 2 is 1.74 bits per heavy atom. The normalized spacial score (nSPS) is 27.1. The van der Waals surface area contributed by atoms with E-state index in [4.69, 9.17) is 16.3 Å². The van der Waals surface area contributed by atoms with Gasteiger partial charge in [0.1, 0.15) is 11.6 Å². The van der Waals surface area contributed by atoms with Crippen molar-refractivity contribution in [2.75, 3.05) is 29.5 Å². The Hall–Kier alpha value is -3.46. The molecule has 0 saturated carbocycles. The summed E-state index contributed by atoms with van der Waals surface area (Å²) in [7, 11) is 0. The van der Waals surface area contributed by atoms with Gasteiger partial charge in [0.2, 0.25) is 11.8 Å². The van der Waals surface area contributed by atoms with Gasteiger partial charge in [-0.05, 0) is 62.3 Å². The Kier molecular flexibility index (Phi) is 9.83. The summed E-state index contributed by atoms with van der Waals surface area (Å²) in [6.07, 6.45) is 5.25. The number of fused-ring (bicyclic) bond motifs is 1. The molecule has 3 saturated heterocycles. The topological polar surface area (TPSA) is 90.4 Å². The first-order valence-electron chi connectivity index (χ1n) is 16.3. The van der Waals surface area contributed by atoms with E-state index < -0.39 is 35.1 Å². The van der Waals surface area contributed by atoms with Gasteiger partial charge < -0.3 is 24.5 Å². The van der Waals surface area contributed by atoms with Crippen molar-refractivity contribution in [3.05, 3.63) is 84.4 Å². The first-order chi connectivity index (χ1) is 22.0. The average molecular weight is 648 g/mol. The Morgan fingerprint density at radius 3 is 2.33 bits per heavy atom. The van der Waals surface area contributed by atoms with E-state index in [9.17, 15) is 14.7 Å². The molecule has 3 heterocycles. The van der Waals surface area contributed by atoms with Crippen molar-refractivity contribution in [3.8, 4) is 0 Å². The van der Waals surface area contributed by atoms with Crippen molar-refractivity contribution in [2.24, 2.45) is 17.8 Å². The van der Waals surface area contributed by atoms with E-state index >= 15 is 4.79 Å². The zero-order valence-corrected chi connectivity index (χ0v) is 28.1. The molecular formula is C37H46ClN3O5. The molecule has 2 aromatic carbocycles. The fourth-order valence-electron chi connectivity index (χ4n) is 8.28. The van der Waals surface area contributed by atoms with Gasteiger partial charge in [-0.15, -0.1) is 13.2 Å². The van der Waals surface area contributed by atoms with Gasteiger partial charge in [-0.2, -0.15) is 0 Å². The minimum atomic E-state index is -1.26. The summed E-state index contributed by atoms with van der Waals surface area (Å²) in [5.74, 6) is -2.51. The molecule has 8 nitrogen and oxygen atoms in total. The largest absolute Gasteiger partial charge is 0.394 e. The smallest absolute Gasteiger partial charge is 0.253 e. The van der Waals surface area contributed by atoms with Crippen molar-refractivity contribution in [1.82, 2.24) is 4.90 Å². The molecule has 0 aromatic heterocycles. The van der Waals surface area contributed by atoms with Crippen molar-refractivity contribution >= 4 is 40.7 Å². The van der Waals surface area contributed by atoms with Gasteiger partial charge in [0, 0.05) is 18.8 Å². The van der Waals surface area contributed by atoms with Crippen LogP contribution in [0.5, 0.6) is 0 Å². The number of carbonyl (C=O) groups is 3. The molecule has 1 N–H and O–H groups in total. The SMILES string of the molecule is C=CCN(C(=O)[C@@H]1[C@H]2C(=O)N([C@@H](CO)CC(C)C)C(C(=O)N(CC=C)c3c(C)cccc3Cl)C23CC[C@@]1(CC)O3)c1ccccc1. The van der Waals surface area contributed by atoms with Crippen LogP contribution in [-0.4, -0.2) is 70.7 Å². The van der Waals surface area contributed by atoms with Crippen LogP contribution in [0.2, 0.25) is 5.02 Å². The molecule has 2 unspecified atom stereocenters. The van der Waals surface area contributed by atoms with Crippen LogP contribution in [0.15, 0.2) is 73.8 Å². The summed E-state index contributed by atoms with van der Waals surface area (Å²) in [6, 6.07) is 13.1. The van der Waals surface area contributed by atoms with Crippen molar-refractivity contribution in [3.63, 3.8) is 0 Å². The number of aryl methyl sites for hydroxylation is 1. The number of para-hydroxylation sites is 2. The number of ether oxygens (including phenoxy) is 1. The molecule has 3 aliphatic rings. The molecule has 3 fully saturated rings. The molecule has 2 bridgehead atoms. The molecule has 0 radical (unpaired) electrons. The number of nitrogens with zero attached hydrogens (tertiary/aromatic N) is 3. The third-order valence-electron chi connectivity index (χ3n) is 10.1. The number of benzene rings is 2. The van der Waals surface area contributed by atoms with Gasteiger partial charge in [-0.25, -0.2) is 0 Å². The molecule has 2 aromatic rings. The molecule has 6 atom stereocenters. The summed E-state index contributed by atoms with van der Waals surface area (Å²) in [5.41, 5.74) is -0.152. The van der Waals surface area contributed by atoms with Crippen molar-refractivity contribution < 1.29 is 24.2 Å². The summed E-state index contributed by atoms with van der Waals surface area (Å²) >= 11 is 6.72. The number of aliphatic hydroxyl groups excluding tert-OH is 1. The van der Waals surface area contributed by atoms with Crippen molar-refractivity contribution in [2.45, 2.75) is 76.7 Å². The minimum Gasteiger partial charge on any atom is -0.394 e. The van der Waals surface area contributed by atoms with Gasteiger partial charge in [-0.1, -0.05) is 74.9 Å². The molecule has 3 amide bonds. The predicted octanol–water partition coefficient (Wildman–Crippen LogP) is 5.95. The monoisotopic (exact) mass is 647 g/mol. The highest BCUT2D eigenvalue weighted by molar-refractivity contribution is 6.34. The van der Waals surface area contributed by atoms with Crippen LogP contribution in [-0.2, 0) is 19.1 Å². The summed E-state index contributed by atoms with van der Waals surface area (Å²) in [6.45, 7) is 15.8. The first-order valence-corrected chi connectivity index (χ1v) is 16.7. The summed E-state index contributed by atoms with van der Waals surface area (Å²) in [5, 5.41) is 11.1. The summed E-state index contributed by atoms with van der Waals surface area (Å²) in [4.78, 5) is 49.6. The molecule has 0 aliphatic carbocycles. The zero-order chi connectivity index (χ0) is 33.4. The standard InChI is InChI=1S/C37H46ClN3O5/c1-7-20-39(26-15-11-10-12-16-26)33(43)29-30-34(44)41(27(23-42)22-24(4)5)32(37(30)19-18-36(29,9-3)46-37)35(45)40(21-8-2)31-25(6)14-13-17-28(31)38/h7-8,10-17,24,27,29-30,32,42H,1-2,9,18-23H2,3-6H3/t27-,29+,30+,32?,36-,37?/m1/s1. The molecule has 1 spiro atoms. The lowest BCUT2D eigenvalue weighted by Crippen LogP contribution is -2.59. The lowest BCUT2D eigenvalue weighted by Gasteiger charge is -2.40. The second-order valence-electron chi connectivity index (χ2n) is 13.3. The highest BCUT2D eigenvalue weighted by Crippen LogP contribution is 2.65. The third kappa shape index (κ3) is 5.38. The maximum absolute atomic E-state index is 15.1. The number of hydrogen-bond donors (Lipinski definition) is 1. The Labute approximate surface area is 277 Å². The second-order valence-corrected chi connectivity index (χ2v) is 13.7. The number of anilines is 2. The zero-order valence-electron chi connectivity index (χ0n) is 27.3. The van der Waals surface area contributed by atoms with E-state index in [0.29, 0.717) is 42.1 Å². The number of hydrogen-bond acceptors (Lipinski definition) is 5. The number of aliphatic hydroxyl groups is 1. The van der Waals surface area contributed by atoms with E-state index in [1.54, 1.807) is 32.9 Å². The number of halogens is 1. The highest BCUT2D eigenvalue weighted by Gasteiger charge is 2.79. The van der Waals surface area contributed by atoms with Crippen LogP contribution >= 0.6 is 11.6 Å². The predicted molar refractivity (Wildman–Crippen MR) is 182 cm³/mol. The number of rotatable bonds is 13. The van der Waals surface area contributed by atoms with Gasteiger partial charge in [0.15, 0.2) is 0 Å². The third-order valence-corrected chi connectivity index (χ3v) is 10.5. The van der Waals surface area contributed by atoms with E-state index in [1.165, 1.54) is 0 Å². The maximum atomic E-state index is 15.1. The number of carbonyl (C=O) groups excluding carboxylic acids is 3. The first kappa shape index (κ1) is 33.9. The van der Waals surface area contributed by atoms with Crippen LogP contribution in [0.1, 0.15) is 52.0 Å². The summed E-state index contributed by atoms with van der Waals surface area (Å²) < 4.78 is 7.05. The fourth-order valence-corrected chi connectivity index (χ4v) is 8.61. The second kappa shape index (κ2) is 13.3. The van der Waals surface area contributed by atoms with E-state index in [1.807, 2.05) is 70.2 Å². The lowest BCUT2D eigenvalue weighted by atomic mass is 9.64. The fraction of sp³-hybridized carbons (Fsp3) is 0.486. The van der Waals surface area contributed by atoms with Crippen LogP contribution in [0.3, 0.4) is 0 Å². The highest BCUT2D eigenvalue weighted by atomic mass is 35.5. The maximum Gasteiger partial charge on any atom is 0.253 e. The molecule has 9 heteroatoms. The Bertz CT molecular complexity index is 1480. The van der Waals surface area contributed by atoms with Gasteiger partial charge in [0.25, 0.3) is 5.91 Å². The molecule has 3 aliphatic heterocycles. The molecular weight excluding hydrogens is 602 g/mol. The lowest BCUT2D eigenvalue weighted by molar-refractivity contribution is -0.149. The van der Waals surface area contributed by atoms with E-state index in [0.717, 1.165) is 5.56 Å². The van der Waals surface area contributed by atoms with Crippen LogP contribution in [0, 0.1) is 24.7 Å². The van der Waals surface area contributed by atoms with Gasteiger partial charge >= 0.3 is 0 Å². The van der Waals surface area contributed by atoms with Crippen LogP contribution in [0.4, 0.5) is 11.4 Å². The van der Waals surface area contributed by atoms with E-state index in [2.05, 4.69) is 13.2 Å². The van der Waals surface area contributed by atoms with Gasteiger partial charge in [0.05, 0.1) is 40.8 Å². The average Bonchev–Trinajstić information content (AvgIpc) is 3.65. The molecule has 246 valence electrons. The molecule has 5 rings (SSSR count). The van der Waals surface area contributed by atoms with Gasteiger partial charge in [-0.3, -0.25) is 14.4 Å². The number of likely N-dealkylation sites (tertiary alicyclic amines) is 1. The Balaban J connectivity index is 1.69. The quantitative estimate of drug-likeness (QED) is 0.272. The van der Waals surface area contributed by atoms with Crippen LogP contribution < -0.4 is 9.80 Å². The molecule has 46 heavy (non-hydrogen) atoms. The van der Waals surface area contributed by atoms with Crippen molar-refractivity contribution in [1.29, 1.82) is 0 Å². The Morgan fingerprint density at radius 1 is 1.07 bits per heavy atom. The number of amides is 3. The van der Waals surface area contributed by atoms with E-state index in [-0.39, 0.29) is 43.3 Å².